The van der Waals surface area contributed by atoms with Crippen molar-refractivity contribution in [2.45, 2.75) is 46.2 Å². The summed E-state index contributed by atoms with van der Waals surface area (Å²) >= 11 is 0. The van der Waals surface area contributed by atoms with Crippen LogP contribution < -0.4 is 0 Å². The summed E-state index contributed by atoms with van der Waals surface area (Å²) in [5, 5.41) is 0. The zero-order valence-electron chi connectivity index (χ0n) is 11.7. The van der Waals surface area contributed by atoms with Gasteiger partial charge in [-0.2, -0.15) is 0 Å². The predicted octanol–water partition coefficient (Wildman–Crippen LogP) is 1.70. The highest BCUT2D eigenvalue weighted by Crippen LogP contribution is 2.20. The van der Waals surface area contributed by atoms with Gasteiger partial charge in [-0.3, -0.25) is 4.79 Å². The lowest BCUT2D eigenvalue weighted by Gasteiger charge is -2.14. The van der Waals surface area contributed by atoms with Crippen molar-refractivity contribution in [2.75, 3.05) is 13.2 Å². The van der Waals surface area contributed by atoms with E-state index >= 15 is 0 Å². The molecule has 1 aromatic rings. The van der Waals surface area contributed by atoms with E-state index in [4.69, 9.17) is 4.74 Å². The number of nitrogens with zero attached hydrogens (tertiary/aromatic N) is 3. The molecule has 19 heavy (non-hydrogen) atoms. The first kappa shape index (κ1) is 13.9. The Balaban J connectivity index is 1.86. The maximum absolute atomic E-state index is 12.0. The van der Waals surface area contributed by atoms with Gasteiger partial charge in [0.15, 0.2) is 0 Å². The molecule has 0 fully saturated rings. The Labute approximate surface area is 114 Å². The molecule has 0 aromatic carbocycles. The highest BCUT2D eigenvalue weighted by atomic mass is 16.5. The van der Waals surface area contributed by atoms with Crippen LogP contribution >= 0.6 is 0 Å². The Bertz CT molecular complexity index is 448. The molecule has 2 heterocycles. The Kier molecular flexibility index (Phi) is 4.85. The van der Waals surface area contributed by atoms with Crippen molar-refractivity contribution in [2.24, 2.45) is 0 Å². The van der Waals surface area contributed by atoms with Crippen LogP contribution in [0, 0.1) is 0 Å². The number of ether oxygens (including phenoxy) is 1. The van der Waals surface area contributed by atoms with Gasteiger partial charge < -0.3 is 9.64 Å². The van der Waals surface area contributed by atoms with E-state index in [0.717, 1.165) is 36.3 Å². The minimum Gasteiger partial charge on any atom is -0.372 e. The standard InChI is InChI=1S/C14H21N3O2/c1-3-5-6-19-10-14(18)17-8-11-7-15-13(4-2)16-12(11)9-17/h7H,3-6,8-10H2,1-2H3. The molecule has 1 aromatic heterocycles. The number of amides is 1. The first-order valence-electron chi connectivity index (χ1n) is 6.93. The highest BCUT2D eigenvalue weighted by Gasteiger charge is 2.24. The van der Waals surface area contributed by atoms with Gasteiger partial charge in [-0.05, 0) is 6.42 Å². The molecule has 0 atom stereocenters. The Morgan fingerprint density at radius 3 is 3.00 bits per heavy atom. The van der Waals surface area contributed by atoms with Gasteiger partial charge in [0.1, 0.15) is 12.4 Å². The van der Waals surface area contributed by atoms with E-state index in [-0.39, 0.29) is 12.5 Å². The summed E-state index contributed by atoms with van der Waals surface area (Å²) in [5.41, 5.74) is 2.04. The number of fused-ring (bicyclic) bond motifs is 1. The van der Waals surface area contributed by atoms with Crippen LogP contribution in [-0.2, 0) is 29.0 Å². The van der Waals surface area contributed by atoms with Gasteiger partial charge in [0.05, 0.1) is 12.2 Å². The third-order valence-electron chi connectivity index (χ3n) is 3.24. The number of aryl methyl sites for hydroxylation is 1. The van der Waals surface area contributed by atoms with Crippen molar-refractivity contribution in [3.63, 3.8) is 0 Å². The molecule has 1 aliphatic heterocycles. The largest absolute Gasteiger partial charge is 0.372 e. The fraction of sp³-hybridized carbons (Fsp3) is 0.643. The number of carbonyl (C=O) groups is 1. The van der Waals surface area contributed by atoms with Gasteiger partial charge in [0, 0.05) is 31.3 Å². The van der Waals surface area contributed by atoms with Crippen molar-refractivity contribution in [1.82, 2.24) is 14.9 Å². The predicted molar refractivity (Wildman–Crippen MR) is 71.4 cm³/mol. The van der Waals surface area contributed by atoms with Gasteiger partial charge in [-0.25, -0.2) is 9.97 Å². The second-order valence-corrected chi connectivity index (χ2v) is 4.77. The third-order valence-corrected chi connectivity index (χ3v) is 3.24. The summed E-state index contributed by atoms with van der Waals surface area (Å²) in [7, 11) is 0. The monoisotopic (exact) mass is 263 g/mol. The van der Waals surface area contributed by atoms with E-state index in [0.29, 0.717) is 19.7 Å². The number of rotatable bonds is 6. The summed E-state index contributed by atoms with van der Waals surface area (Å²) in [6.07, 6.45) is 4.74. The van der Waals surface area contributed by atoms with Crippen LogP contribution in [-0.4, -0.2) is 34.0 Å². The molecular weight excluding hydrogens is 242 g/mol. The lowest BCUT2D eigenvalue weighted by molar-refractivity contribution is -0.136. The molecule has 0 radical (unpaired) electrons. The van der Waals surface area contributed by atoms with E-state index in [1.54, 1.807) is 4.90 Å². The Morgan fingerprint density at radius 1 is 1.42 bits per heavy atom. The zero-order chi connectivity index (χ0) is 13.7. The van der Waals surface area contributed by atoms with E-state index in [1.807, 2.05) is 13.1 Å². The summed E-state index contributed by atoms with van der Waals surface area (Å²) in [6.45, 7) is 6.15. The Hall–Kier alpha value is -1.49. The summed E-state index contributed by atoms with van der Waals surface area (Å²) in [5.74, 6) is 0.874. The summed E-state index contributed by atoms with van der Waals surface area (Å²) < 4.78 is 5.36. The zero-order valence-corrected chi connectivity index (χ0v) is 11.7. The van der Waals surface area contributed by atoms with Crippen LogP contribution in [0.25, 0.3) is 0 Å². The molecule has 1 amide bonds. The van der Waals surface area contributed by atoms with Crippen LogP contribution in [0.15, 0.2) is 6.20 Å². The molecule has 104 valence electrons. The van der Waals surface area contributed by atoms with Crippen molar-refractivity contribution in [3.8, 4) is 0 Å². The molecule has 0 bridgehead atoms. The van der Waals surface area contributed by atoms with Gasteiger partial charge in [0.2, 0.25) is 5.91 Å². The fourth-order valence-electron chi connectivity index (χ4n) is 2.04. The van der Waals surface area contributed by atoms with Crippen molar-refractivity contribution in [1.29, 1.82) is 0 Å². The number of hydrogen-bond donors (Lipinski definition) is 0. The van der Waals surface area contributed by atoms with E-state index < -0.39 is 0 Å². The molecule has 2 rings (SSSR count). The molecule has 0 saturated carbocycles. The van der Waals surface area contributed by atoms with E-state index in [2.05, 4.69) is 16.9 Å². The minimum absolute atomic E-state index is 0.0344. The molecule has 0 aliphatic carbocycles. The van der Waals surface area contributed by atoms with Crippen molar-refractivity contribution in [3.05, 3.63) is 23.3 Å². The first-order chi connectivity index (χ1) is 9.24. The van der Waals surface area contributed by atoms with Crippen molar-refractivity contribution < 1.29 is 9.53 Å². The molecule has 5 nitrogen and oxygen atoms in total. The topological polar surface area (TPSA) is 55.3 Å². The average molecular weight is 263 g/mol. The average Bonchev–Trinajstić information content (AvgIpc) is 2.86. The lowest BCUT2D eigenvalue weighted by Crippen LogP contribution is -2.29. The normalized spacial score (nSPS) is 13.7. The van der Waals surface area contributed by atoms with Crippen molar-refractivity contribution >= 4 is 5.91 Å². The van der Waals surface area contributed by atoms with Crippen LogP contribution in [0.1, 0.15) is 43.8 Å². The second kappa shape index (κ2) is 6.61. The van der Waals surface area contributed by atoms with Crippen LogP contribution in [0.3, 0.4) is 0 Å². The van der Waals surface area contributed by atoms with Gasteiger partial charge in [-0.15, -0.1) is 0 Å². The molecule has 0 N–H and O–H groups in total. The van der Waals surface area contributed by atoms with E-state index in [9.17, 15) is 4.79 Å². The summed E-state index contributed by atoms with van der Waals surface area (Å²) in [4.78, 5) is 22.5. The van der Waals surface area contributed by atoms with Gasteiger partial charge in [0.25, 0.3) is 0 Å². The van der Waals surface area contributed by atoms with Crippen LogP contribution in [0.2, 0.25) is 0 Å². The smallest absolute Gasteiger partial charge is 0.249 e. The Morgan fingerprint density at radius 2 is 2.26 bits per heavy atom. The minimum atomic E-state index is 0.0344. The van der Waals surface area contributed by atoms with E-state index in [1.165, 1.54) is 0 Å². The second-order valence-electron chi connectivity index (χ2n) is 4.77. The molecule has 0 saturated heterocycles. The number of unbranched alkanes of at least 4 members (excludes halogenated alkanes) is 1. The number of carbonyl (C=O) groups excluding carboxylic acids is 1. The van der Waals surface area contributed by atoms with Crippen LogP contribution in [0.4, 0.5) is 0 Å². The SMILES string of the molecule is CCCCOCC(=O)N1Cc2cnc(CC)nc2C1. The fourth-order valence-corrected chi connectivity index (χ4v) is 2.04. The molecule has 0 unspecified atom stereocenters. The maximum Gasteiger partial charge on any atom is 0.249 e. The first-order valence-corrected chi connectivity index (χ1v) is 6.93. The maximum atomic E-state index is 12.0. The molecule has 5 heteroatoms. The van der Waals surface area contributed by atoms with Gasteiger partial charge >= 0.3 is 0 Å². The summed E-state index contributed by atoms with van der Waals surface area (Å²) in [6, 6.07) is 0. The number of aromatic nitrogens is 2. The quantitative estimate of drug-likeness (QED) is 0.733. The molecular formula is C14H21N3O2. The van der Waals surface area contributed by atoms with Gasteiger partial charge in [-0.1, -0.05) is 20.3 Å². The molecule has 0 spiro atoms. The highest BCUT2D eigenvalue weighted by molar-refractivity contribution is 5.78. The lowest BCUT2D eigenvalue weighted by atomic mass is 10.3. The number of hydrogen-bond acceptors (Lipinski definition) is 4. The molecule has 1 aliphatic rings. The third kappa shape index (κ3) is 3.50. The van der Waals surface area contributed by atoms with Crippen LogP contribution in [0.5, 0.6) is 0 Å².